The van der Waals surface area contributed by atoms with E-state index in [1.54, 1.807) is 0 Å². The van der Waals surface area contributed by atoms with Gasteiger partial charge in [0.05, 0.1) is 0 Å². The number of hydrogen-bond acceptors (Lipinski definition) is 2. The normalized spacial score (nSPS) is 34.7. The van der Waals surface area contributed by atoms with Crippen LogP contribution >= 0.6 is 0 Å². The van der Waals surface area contributed by atoms with Crippen LogP contribution in [0.2, 0.25) is 0 Å². The molecule has 18 heavy (non-hydrogen) atoms. The van der Waals surface area contributed by atoms with Crippen molar-refractivity contribution in [3.63, 3.8) is 0 Å². The Hall–Kier alpha value is -0.0800. The fourth-order valence-corrected chi connectivity index (χ4v) is 3.59. The summed E-state index contributed by atoms with van der Waals surface area (Å²) in [6.45, 7) is 7.87. The van der Waals surface area contributed by atoms with Crippen molar-refractivity contribution >= 4 is 0 Å². The van der Waals surface area contributed by atoms with Crippen molar-refractivity contribution in [1.29, 1.82) is 0 Å². The third-order valence-electron chi connectivity index (χ3n) is 4.90. The zero-order valence-electron chi connectivity index (χ0n) is 12.3. The molecule has 0 radical (unpaired) electrons. The van der Waals surface area contributed by atoms with Crippen molar-refractivity contribution < 1.29 is 4.74 Å². The minimum absolute atomic E-state index is 0.754. The number of rotatable bonds is 6. The lowest BCUT2D eigenvalue weighted by molar-refractivity contribution is 0.168. The van der Waals surface area contributed by atoms with E-state index in [1.807, 2.05) is 0 Å². The van der Waals surface area contributed by atoms with E-state index in [2.05, 4.69) is 19.2 Å². The number of ether oxygens (including phenoxy) is 1. The zero-order chi connectivity index (χ0) is 12.8. The van der Waals surface area contributed by atoms with Gasteiger partial charge in [-0.3, -0.25) is 0 Å². The molecule has 2 atom stereocenters. The van der Waals surface area contributed by atoms with Crippen LogP contribution < -0.4 is 5.32 Å². The molecule has 106 valence electrons. The number of hydrogen-bond donors (Lipinski definition) is 1. The molecule has 0 aromatic heterocycles. The second-order valence-electron chi connectivity index (χ2n) is 6.55. The van der Waals surface area contributed by atoms with Gasteiger partial charge in [-0.1, -0.05) is 26.7 Å². The summed E-state index contributed by atoms with van der Waals surface area (Å²) in [6.07, 6.45) is 9.64. The van der Waals surface area contributed by atoms with E-state index in [0.29, 0.717) is 0 Å². The van der Waals surface area contributed by atoms with Crippen LogP contribution in [0.5, 0.6) is 0 Å². The van der Waals surface area contributed by atoms with Crippen molar-refractivity contribution in [1.82, 2.24) is 5.32 Å². The Bertz CT molecular complexity index is 217. The molecule has 1 N–H and O–H groups in total. The lowest BCUT2D eigenvalue weighted by Gasteiger charge is -2.34. The summed E-state index contributed by atoms with van der Waals surface area (Å²) in [4.78, 5) is 0. The molecule has 0 aromatic rings. The fourth-order valence-electron chi connectivity index (χ4n) is 3.59. The van der Waals surface area contributed by atoms with Gasteiger partial charge >= 0.3 is 0 Å². The first-order valence-corrected chi connectivity index (χ1v) is 8.10. The molecule has 2 unspecified atom stereocenters. The van der Waals surface area contributed by atoms with Gasteiger partial charge in [-0.15, -0.1) is 0 Å². The van der Waals surface area contributed by atoms with Crippen LogP contribution in [0.25, 0.3) is 0 Å². The van der Waals surface area contributed by atoms with Gasteiger partial charge in [0, 0.05) is 19.3 Å². The first-order valence-electron chi connectivity index (χ1n) is 8.10. The zero-order valence-corrected chi connectivity index (χ0v) is 12.3. The largest absolute Gasteiger partial charge is 0.381 e. The minimum Gasteiger partial charge on any atom is -0.381 e. The first-order chi connectivity index (χ1) is 8.79. The molecule has 2 heteroatoms. The van der Waals surface area contributed by atoms with Crippen LogP contribution in [0.15, 0.2) is 0 Å². The van der Waals surface area contributed by atoms with Crippen LogP contribution in [0.1, 0.15) is 58.8 Å². The Labute approximate surface area is 113 Å². The van der Waals surface area contributed by atoms with Crippen molar-refractivity contribution in [3.05, 3.63) is 0 Å². The summed E-state index contributed by atoms with van der Waals surface area (Å²) >= 11 is 0. The smallest absolute Gasteiger partial charge is 0.0495 e. The molecule has 0 aromatic carbocycles. The van der Waals surface area contributed by atoms with E-state index in [0.717, 1.165) is 37.0 Å². The Morgan fingerprint density at radius 1 is 1.17 bits per heavy atom. The highest BCUT2D eigenvalue weighted by molar-refractivity contribution is 4.83. The average molecular weight is 253 g/mol. The summed E-state index contributed by atoms with van der Waals surface area (Å²) in [6, 6.07) is 0.754. The Balaban J connectivity index is 1.82. The van der Waals surface area contributed by atoms with Gasteiger partial charge < -0.3 is 10.1 Å². The van der Waals surface area contributed by atoms with Crippen LogP contribution in [-0.4, -0.2) is 25.8 Å². The predicted molar refractivity (Wildman–Crippen MR) is 76.7 cm³/mol. The highest BCUT2D eigenvalue weighted by Crippen LogP contribution is 2.33. The maximum atomic E-state index is 5.54. The second kappa shape index (κ2) is 7.49. The molecule has 0 spiro atoms. The van der Waals surface area contributed by atoms with Crippen molar-refractivity contribution in [3.8, 4) is 0 Å². The summed E-state index contributed by atoms with van der Waals surface area (Å²) in [7, 11) is 0. The van der Waals surface area contributed by atoms with E-state index in [9.17, 15) is 0 Å². The van der Waals surface area contributed by atoms with Gasteiger partial charge in [-0.05, 0) is 56.4 Å². The van der Waals surface area contributed by atoms with Crippen LogP contribution in [0.4, 0.5) is 0 Å². The Kier molecular flexibility index (Phi) is 5.97. The molecule has 2 fully saturated rings. The summed E-state index contributed by atoms with van der Waals surface area (Å²) < 4.78 is 5.54. The second-order valence-corrected chi connectivity index (χ2v) is 6.55. The molecular formula is C16H31NO. The number of nitrogens with one attached hydrogen (secondary N) is 1. The molecule has 1 saturated heterocycles. The summed E-state index contributed by atoms with van der Waals surface area (Å²) in [5, 5.41) is 3.83. The lowest BCUT2D eigenvalue weighted by atomic mass is 9.77. The maximum absolute atomic E-state index is 5.54. The topological polar surface area (TPSA) is 21.3 Å². The quantitative estimate of drug-likeness (QED) is 0.781. The van der Waals surface area contributed by atoms with Crippen molar-refractivity contribution in [2.75, 3.05) is 19.8 Å². The predicted octanol–water partition coefficient (Wildman–Crippen LogP) is 3.61. The van der Waals surface area contributed by atoms with E-state index in [1.165, 1.54) is 51.5 Å². The molecule has 1 heterocycles. The molecule has 0 bridgehead atoms. The highest BCUT2D eigenvalue weighted by atomic mass is 16.5. The molecular weight excluding hydrogens is 222 g/mol. The maximum Gasteiger partial charge on any atom is 0.0495 e. The minimum atomic E-state index is 0.754. The van der Waals surface area contributed by atoms with E-state index in [4.69, 9.17) is 4.74 Å². The first kappa shape index (κ1) is 14.3. The van der Waals surface area contributed by atoms with E-state index < -0.39 is 0 Å². The molecule has 0 amide bonds. The monoisotopic (exact) mass is 253 g/mol. The lowest BCUT2D eigenvalue weighted by Crippen LogP contribution is -2.40. The van der Waals surface area contributed by atoms with Gasteiger partial charge in [0.1, 0.15) is 0 Å². The van der Waals surface area contributed by atoms with Crippen molar-refractivity contribution in [2.24, 2.45) is 17.8 Å². The van der Waals surface area contributed by atoms with Gasteiger partial charge in [-0.25, -0.2) is 0 Å². The summed E-state index contributed by atoms with van der Waals surface area (Å²) in [5.74, 6) is 2.70. The molecule has 1 saturated carbocycles. The van der Waals surface area contributed by atoms with Gasteiger partial charge in [0.15, 0.2) is 0 Å². The highest BCUT2D eigenvalue weighted by Gasteiger charge is 2.28. The molecule has 2 aliphatic rings. The Morgan fingerprint density at radius 3 is 2.56 bits per heavy atom. The molecule has 1 aliphatic heterocycles. The van der Waals surface area contributed by atoms with Gasteiger partial charge in [0.25, 0.3) is 0 Å². The SMILES string of the molecule is CCCNC(CC1CCOC1)C1CCC(C)CC1. The van der Waals surface area contributed by atoms with Gasteiger partial charge in [0.2, 0.25) is 0 Å². The Morgan fingerprint density at radius 2 is 1.94 bits per heavy atom. The average Bonchev–Trinajstić information content (AvgIpc) is 2.88. The summed E-state index contributed by atoms with van der Waals surface area (Å²) in [5.41, 5.74) is 0. The van der Waals surface area contributed by atoms with Gasteiger partial charge in [-0.2, -0.15) is 0 Å². The molecule has 2 rings (SSSR count). The fraction of sp³-hybridized carbons (Fsp3) is 1.00. The molecule has 1 aliphatic carbocycles. The third kappa shape index (κ3) is 4.24. The standard InChI is InChI=1S/C16H31NO/c1-3-9-17-16(11-14-8-10-18-12-14)15-6-4-13(2)5-7-15/h13-17H,3-12H2,1-2H3. The van der Waals surface area contributed by atoms with Crippen LogP contribution in [0, 0.1) is 17.8 Å². The van der Waals surface area contributed by atoms with Crippen molar-refractivity contribution in [2.45, 2.75) is 64.8 Å². The van der Waals surface area contributed by atoms with Crippen LogP contribution in [-0.2, 0) is 4.74 Å². The van der Waals surface area contributed by atoms with E-state index in [-0.39, 0.29) is 0 Å². The molecule has 2 nitrogen and oxygen atoms in total. The van der Waals surface area contributed by atoms with Crippen LogP contribution in [0.3, 0.4) is 0 Å². The third-order valence-corrected chi connectivity index (χ3v) is 4.90. The van der Waals surface area contributed by atoms with E-state index >= 15 is 0 Å².